The molecule has 0 spiro atoms. The van der Waals surface area contributed by atoms with Gasteiger partial charge in [0.25, 0.3) is 5.91 Å². The Bertz CT molecular complexity index is 518. The van der Waals surface area contributed by atoms with Crippen LogP contribution in [-0.4, -0.2) is 17.9 Å². The fraction of sp³-hybridized carbons (Fsp3) is 0.333. The lowest BCUT2D eigenvalue weighted by molar-refractivity contribution is -0.118. The Hall–Kier alpha value is -2.02. The van der Waals surface area contributed by atoms with Crippen molar-refractivity contribution < 1.29 is 18.4 Å². The lowest BCUT2D eigenvalue weighted by Crippen LogP contribution is -2.40. The number of primary amides is 1. The van der Waals surface area contributed by atoms with Gasteiger partial charge in [0.15, 0.2) is 0 Å². The number of hydrogen-bond donors (Lipinski definition) is 3. The number of halogens is 2. The van der Waals surface area contributed by atoms with E-state index in [9.17, 15) is 18.4 Å². The Morgan fingerprint density at radius 3 is 2.26 bits per heavy atom. The summed E-state index contributed by atoms with van der Waals surface area (Å²) in [5.41, 5.74) is 9.68. The summed E-state index contributed by atoms with van der Waals surface area (Å²) in [6.07, 6.45) is 0. The Kier molecular flexibility index (Phi) is 4.55. The second-order valence-electron chi connectivity index (χ2n) is 4.44. The van der Waals surface area contributed by atoms with Crippen LogP contribution in [0.2, 0.25) is 0 Å². The molecule has 0 saturated carbocycles. The average molecular weight is 271 g/mol. The molecule has 0 radical (unpaired) electrons. The molecule has 5 nitrogen and oxygen atoms in total. The third-order valence-electron chi connectivity index (χ3n) is 2.60. The smallest absolute Gasteiger partial charge is 0.251 e. The molecule has 19 heavy (non-hydrogen) atoms. The molecule has 0 fully saturated rings. The van der Waals surface area contributed by atoms with E-state index in [4.69, 9.17) is 11.5 Å². The van der Waals surface area contributed by atoms with Crippen molar-refractivity contribution in [3.05, 3.63) is 29.3 Å². The monoisotopic (exact) mass is 271 g/mol. The van der Waals surface area contributed by atoms with Crippen LogP contribution in [0, 0.1) is 17.6 Å². The number of carbonyl (C=O) groups is 2. The van der Waals surface area contributed by atoms with E-state index in [-0.39, 0.29) is 11.6 Å². The number of benzene rings is 1. The molecular weight excluding hydrogens is 256 g/mol. The third kappa shape index (κ3) is 3.47. The van der Waals surface area contributed by atoms with Gasteiger partial charge in [0, 0.05) is 6.07 Å². The number of rotatable bonds is 4. The molecule has 0 aliphatic rings. The molecule has 0 bridgehead atoms. The van der Waals surface area contributed by atoms with Gasteiger partial charge in [-0.1, -0.05) is 13.8 Å². The zero-order valence-corrected chi connectivity index (χ0v) is 10.5. The highest BCUT2D eigenvalue weighted by atomic mass is 19.1. The van der Waals surface area contributed by atoms with Gasteiger partial charge in [0.1, 0.15) is 11.6 Å². The van der Waals surface area contributed by atoms with Gasteiger partial charge >= 0.3 is 0 Å². The molecule has 1 aromatic carbocycles. The van der Waals surface area contributed by atoms with Crippen molar-refractivity contribution in [2.75, 3.05) is 5.32 Å². The molecule has 2 amide bonds. The van der Waals surface area contributed by atoms with Gasteiger partial charge in [-0.05, 0) is 12.0 Å². The molecular formula is C12H15F2N3O2. The van der Waals surface area contributed by atoms with Crippen LogP contribution in [0.15, 0.2) is 12.1 Å². The van der Waals surface area contributed by atoms with E-state index < -0.39 is 35.1 Å². The Balaban J connectivity index is 3.05. The molecule has 104 valence electrons. The maximum atomic E-state index is 13.5. The lowest BCUT2D eigenvalue weighted by atomic mass is 10.0. The zero-order valence-electron chi connectivity index (χ0n) is 10.5. The lowest BCUT2D eigenvalue weighted by Gasteiger charge is -2.16. The van der Waals surface area contributed by atoms with Gasteiger partial charge in [-0.3, -0.25) is 9.59 Å². The van der Waals surface area contributed by atoms with E-state index in [0.717, 1.165) is 6.07 Å². The first kappa shape index (κ1) is 15.0. The number of nitrogens with two attached hydrogens (primary N) is 2. The fourth-order valence-corrected chi connectivity index (χ4v) is 1.35. The first-order valence-electron chi connectivity index (χ1n) is 5.59. The number of amides is 2. The number of carbonyl (C=O) groups excluding carboxylic acids is 2. The molecule has 0 aliphatic heterocycles. The maximum absolute atomic E-state index is 13.5. The van der Waals surface area contributed by atoms with Crippen LogP contribution >= 0.6 is 0 Å². The number of anilines is 1. The normalized spacial score (nSPS) is 12.3. The minimum Gasteiger partial charge on any atom is -0.366 e. The summed E-state index contributed by atoms with van der Waals surface area (Å²) >= 11 is 0. The Morgan fingerprint density at radius 1 is 1.21 bits per heavy atom. The highest BCUT2D eigenvalue weighted by Crippen LogP contribution is 2.19. The van der Waals surface area contributed by atoms with Crippen molar-refractivity contribution in [3.63, 3.8) is 0 Å². The number of hydrogen-bond acceptors (Lipinski definition) is 3. The van der Waals surface area contributed by atoms with Crippen molar-refractivity contribution in [1.82, 2.24) is 0 Å². The molecule has 0 aromatic heterocycles. The van der Waals surface area contributed by atoms with Gasteiger partial charge in [-0.15, -0.1) is 0 Å². The molecule has 1 atom stereocenters. The van der Waals surface area contributed by atoms with Gasteiger partial charge in [-0.2, -0.15) is 0 Å². The summed E-state index contributed by atoms with van der Waals surface area (Å²) in [6, 6.07) is 0.482. The topological polar surface area (TPSA) is 98.2 Å². The van der Waals surface area contributed by atoms with Crippen LogP contribution in [0.1, 0.15) is 24.2 Å². The summed E-state index contributed by atoms with van der Waals surface area (Å²) in [4.78, 5) is 22.6. The second-order valence-corrected chi connectivity index (χ2v) is 4.44. The summed E-state index contributed by atoms with van der Waals surface area (Å²) in [5.74, 6) is -3.93. The third-order valence-corrected chi connectivity index (χ3v) is 2.60. The molecule has 1 rings (SSSR count). The highest BCUT2D eigenvalue weighted by Gasteiger charge is 2.20. The SMILES string of the molecule is CC(C)C(N)C(=O)Nc1cc(C(N)=O)c(F)cc1F. The highest BCUT2D eigenvalue weighted by molar-refractivity contribution is 5.98. The van der Waals surface area contributed by atoms with E-state index in [1.807, 2.05) is 0 Å². The van der Waals surface area contributed by atoms with E-state index in [1.165, 1.54) is 0 Å². The van der Waals surface area contributed by atoms with Crippen molar-refractivity contribution in [3.8, 4) is 0 Å². The van der Waals surface area contributed by atoms with E-state index in [2.05, 4.69) is 5.32 Å². The van der Waals surface area contributed by atoms with Crippen LogP contribution in [0.25, 0.3) is 0 Å². The zero-order chi connectivity index (χ0) is 14.7. The summed E-state index contributed by atoms with van der Waals surface area (Å²) in [7, 11) is 0. The number of nitrogens with one attached hydrogen (secondary N) is 1. The van der Waals surface area contributed by atoms with Gasteiger partial charge in [0.2, 0.25) is 5.91 Å². The van der Waals surface area contributed by atoms with Crippen LogP contribution in [0.3, 0.4) is 0 Å². The van der Waals surface area contributed by atoms with E-state index in [1.54, 1.807) is 13.8 Å². The summed E-state index contributed by atoms with van der Waals surface area (Å²) in [6.45, 7) is 3.44. The Morgan fingerprint density at radius 2 is 1.79 bits per heavy atom. The standard InChI is InChI=1S/C12H15F2N3O2/c1-5(2)10(15)12(19)17-9-3-6(11(16)18)7(13)4-8(9)14/h3-5,10H,15H2,1-2H3,(H2,16,18)(H,17,19). The minimum atomic E-state index is -1.09. The van der Waals surface area contributed by atoms with Crippen molar-refractivity contribution in [1.29, 1.82) is 0 Å². The first-order chi connectivity index (χ1) is 8.73. The van der Waals surface area contributed by atoms with Crippen molar-refractivity contribution >= 4 is 17.5 Å². The molecule has 1 unspecified atom stereocenters. The summed E-state index contributed by atoms with van der Waals surface area (Å²) < 4.78 is 26.7. The fourth-order valence-electron chi connectivity index (χ4n) is 1.35. The van der Waals surface area contributed by atoms with Gasteiger partial charge in [0.05, 0.1) is 17.3 Å². The van der Waals surface area contributed by atoms with Crippen molar-refractivity contribution in [2.24, 2.45) is 17.4 Å². The molecule has 0 saturated heterocycles. The van der Waals surface area contributed by atoms with E-state index >= 15 is 0 Å². The predicted molar refractivity (Wildman–Crippen MR) is 66.3 cm³/mol. The first-order valence-corrected chi connectivity index (χ1v) is 5.59. The Labute approximate surface area is 109 Å². The quantitative estimate of drug-likeness (QED) is 0.761. The van der Waals surface area contributed by atoms with Crippen LogP contribution in [0.4, 0.5) is 14.5 Å². The van der Waals surface area contributed by atoms with Crippen LogP contribution in [0.5, 0.6) is 0 Å². The maximum Gasteiger partial charge on any atom is 0.251 e. The van der Waals surface area contributed by atoms with Crippen molar-refractivity contribution in [2.45, 2.75) is 19.9 Å². The molecule has 1 aromatic rings. The molecule has 7 heteroatoms. The van der Waals surface area contributed by atoms with Crippen LogP contribution < -0.4 is 16.8 Å². The van der Waals surface area contributed by atoms with Gasteiger partial charge in [-0.25, -0.2) is 8.78 Å². The molecule has 5 N–H and O–H groups in total. The predicted octanol–water partition coefficient (Wildman–Crippen LogP) is 0.985. The summed E-state index contributed by atoms with van der Waals surface area (Å²) in [5, 5.41) is 2.20. The largest absolute Gasteiger partial charge is 0.366 e. The minimum absolute atomic E-state index is 0.154. The molecule has 0 heterocycles. The van der Waals surface area contributed by atoms with Crippen LogP contribution in [-0.2, 0) is 4.79 Å². The second kappa shape index (κ2) is 5.75. The molecule has 0 aliphatic carbocycles. The van der Waals surface area contributed by atoms with E-state index in [0.29, 0.717) is 6.07 Å². The van der Waals surface area contributed by atoms with Gasteiger partial charge < -0.3 is 16.8 Å². The average Bonchev–Trinajstić information content (AvgIpc) is 2.30.